The van der Waals surface area contributed by atoms with E-state index >= 15 is 4.39 Å². The number of amides is 2. The van der Waals surface area contributed by atoms with Crippen LogP contribution >= 0.6 is 23.2 Å². The van der Waals surface area contributed by atoms with Crippen LogP contribution in [0.5, 0.6) is 0 Å². The number of para-hydroxylation sites is 1. The molecule has 2 atom stereocenters. The van der Waals surface area contributed by atoms with Crippen LogP contribution in [-0.2, 0) is 16.0 Å². The van der Waals surface area contributed by atoms with Crippen molar-refractivity contribution >= 4 is 40.7 Å². The fraction of sp³-hybridized carbons (Fsp3) is 0.533. The molecule has 2 aromatic rings. The fourth-order valence-corrected chi connectivity index (χ4v) is 6.28. The maximum absolute atomic E-state index is 15.4. The third-order valence-corrected chi connectivity index (χ3v) is 8.45. The summed E-state index contributed by atoms with van der Waals surface area (Å²) in [7, 11) is 0. The molecule has 0 spiro atoms. The number of likely N-dealkylation sites (tertiary alicyclic amines) is 1. The van der Waals surface area contributed by atoms with Gasteiger partial charge in [0.05, 0.1) is 11.7 Å². The van der Waals surface area contributed by atoms with Gasteiger partial charge in [-0.15, -0.1) is 0 Å². The molecule has 0 saturated carbocycles. The molecule has 0 bridgehead atoms. The summed E-state index contributed by atoms with van der Waals surface area (Å²) in [4.78, 5) is 32.0. The van der Waals surface area contributed by atoms with Crippen molar-refractivity contribution in [2.24, 2.45) is 5.92 Å². The van der Waals surface area contributed by atoms with Gasteiger partial charge < -0.3 is 19.9 Å². The lowest BCUT2D eigenvalue weighted by Crippen LogP contribution is -2.56. The lowest BCUT2D eigenvalue weighted by atomic mass is 9.94. The van der Waals surface area contributed by atoms with Crippen LogP contribution in [-0.4, -0.2) is 77.2 Å². The number of anilines is 1. The normalized spacial score (nSPS) is 17.7. The first-order valence-corrected chi connectivity index (χ1v) is 14.9. The monoisotopic (exact) mass is 592 g/mol. The molecule has 2 unspecified atom stereocenters. The highest BCUT2D eigenvalue weighted by Crippen LogP contribution is 2.36. The average Bonchev–Trinajstić information content (AvgIpc) is 3.35. The van der Waals surface area contributed by atoms with Gasteiger partial charge in [-0.3, -0.25) is 9.59 Å². The van der Waals surface area contributed by atoms with Gasteiger partial charge in [-0.25, -0.2) is 4.39 Å². The predicted molar refractivity (Wildman–Crippen MR) is 156 cm³/mol. The van der Waals surface area contributed by atoms with Crippen LogP contribution in [0.3, 0.4) is 0 Å². The molecule has 4 rings (SSSR count). The summed E-state index contributed by atoms with van der Waals surface area (Å²) < 4.78 is 15.4. The highest BCUT2D eigenvalue weighted by atomic mass is 35.5. The number of rotatable bonds is 10. The molecule has 2 aliphatic rings. The van der Waals surface area contributed by atoms with Gasteiger partial charge in [-0.2, -0.15) is 5.06 Å². The second-order valence-corrected chi connectivity index (χ2v) is 11.9. The molecule has 2 heterocycles. The minimum atomic E-state index is -0.660. The van der Waals surface area contributed by atoms with Crippen molar-refractivity contribution in [1.29, 1.82) is 0 Å². The van der Waals surface area contributed by atoms with E-state index in [-0.39, 0.29) is 23.7 Å². The summed E-state index contributed by atoms with van der Waals surface area (Å²) in [5.74, 6) is -0.191. The van der Waals surface area contributed by atoms with Gasteiger partial charge in [0.15, 0.2) is 0 Å². The van der Waals surface area contributed by atoms with Crippen molar-refractivity contribution in [1.82, 2.24) is 14.9 Å². The van der Waals surface area contributed by atoms with E-state index in [1.54, 1.807) is 34.1 Å². The Morgan fingerprint density at radius 2 is 1.82 bits per heavy atom. The van der Waals surface area contributed by atoms with E-state index in [0.717, 1.165) is 17.5 Å². The Morgan fingerprint density at radius 1 is 1.10 bits per heavy atom. The smallest absolute Gasteiger partial charge is 0.245 e. The number of hydroxylamine groups is 2. The molecule has 2 amide bonds. The van der Waals surface area contributed by atoms with Gasteiger partial charge in [-0.05, 0) is 48.1 Å². The first kappa shape index (κ1) is 30.6. The van der Waals surface area contributed by atoms with Crippen molar-refractivity contribution in [3.63, 3.8) is 0 Å². The molecule has 2 aliphatic heterocycles. The summed E-state index contributed by atoms with van der Waals surface area (Å²) in [6.45, 7) is 8.65. The third kappa shape index (κ3) is 6.90. The van der Waals surface area contributed by atoms with Gasteiger partial charge in [0.1, 0.15) is 11.9 Å². The van der Waals surface area contributed by atoms with E-state index in [0.29, 0.717) is 80.2 Å². The number of hydrogen-bond donors (Lipinski definition) is 1. The van der Waals surface area contributed by atoms with E-state index in [1.165, 1.54) is 11.1 Å². The number of halogens is 3. The van der Waals surface area contributed by atoms with Gasteiger partial charge >= 0.3 is 0 Å². The Bertz CT molecular complexity index is 1210. The minimum absolute atomic E-state index is 0.0289. The van der Waals surface area contributed by atoms with Gasteiger partial charge in [0.25, 0.3) is 0 Å². The second kappa shape index (κ2) is 13.5. The zero-order valence-corrected chi connectivity index (χ0v) is 25.0. The molecule has 1 N–H and O–H groups in total. The number of benzene rings is 2. The molecule has 7 nitrogen and oxygen atoms in total. The van der Waals surface area contributed by atoms with Crippen molar-refractivity contribution in [3.8, 4) is 0 Å². The molecule has 10 heteroatoms. The van der Waals surface area contributed by atoms with E-state index in [2.05, 4.69) is 13.8 Å². The molecular weight excluding hydrogens is 554 g/mol. The van der Waals surface area contributed by atoms with Crippen LogP contribution in [0.1, 0.15) is 57.2 Å². The minimum Gasteiger partial charge on any atom is -0.365 e. The highest BCUT2D eigenvalue weighted by molar-refractivity contribution is 6.35. The molecule has 2 fully saturated rings. The molecule has 2 aromatic carbocycles. The first-order valence-electron chi connectivity index (χ1n) is 14.1. The first-order chi connectivity index (χ1) is 19.1. The Hall–Kier alpha value is -2.39. The van der Waals surface area contributed by atoms with Crippen LogP contribution < -0.4 is 4.90 Å². The molecule has 0 aliphatic carbocycles. The largest absolute Gasteiger partial charge is 0.365 e. The number of hydrogen-bond acceptors (Lipinski definition) is 5. The number of carbonyl (C=O) groups is 2. The molecule has 0 aromatic heterocycles. The molecule has 0 radical (unpaired) electrons. The Morgan fingerprint density at radius 3 is 2.42 bits per heavy atom. The SMILES string of the molecule is CCN(O)C(CC(C)C)c1cccc(F)c1N1CCN(C(=O)C(Cc2ccc(Cl)cc2Cl)N2CCCC2=O)CC1. The van der Waals surface area contributed by atoms with Crippen molar-refractivity contribution < 1.29 is 19.2 Å². The van der Waals surface area contributed by atoms with E-state index in [4.69, 9.17) is 23.2 Å². The number of piperazine rings is 1. The topological polar surface area (TPSA) is 67.3 Å². The van der Waals surface area contributed by atoms with Gasteiger partial charge in [0, 0.05) is 62.2 Å². The van der Waals surface area contributed by atoms with Crippen molar-refractivity contribution in [2.75, 3.05) is 44.2 Å². The standard InChI is InChI=1S/C30H39Cl2FN4O3/c1-4-37(40)26(17-20(2)3)23-7-5-8-25(33)29(23)34-13-15-35(16-14-34)30(39)27(36-12-6-9-28(36)38)18-21-10-11-22(31)19-24(21)32/h5,7-8,10-11,19-20,26-27,40H,4,6,9,12-18H2,1-3H3. The van der Waals surface area contributed by atoms with E-state index in [1.807, 2.05) is 17.9 Å². The molecule has 2 saturated heterocycles. The van der Waals surface area contributed by atoms with Gasteiger partial charge in [-0.1, -0.05) is 62.2 Å². The zero-order chi connectivity index (χ0) is 29.0. The number of nitrogens with zero attached hydrogens (tertiary/aromatic N) is 4. The molecule has 40 heavy (non-hydrogen) atoms. The second-order valence-electron chi connectivity index (χ2n) is 11.0. The Balaban J connectivity index is 1.54. The molecule has 218 valence electrons. The summed E-state index contributed by atoms with van der Waals surface area (Å²) in [5, 5.41) is 12.9. The van der Waals surface area contributed by atoms with Gasteiger partial charge in [0.2, 0.25) is 11.8 Å². The van der Waals surface area contributed by atoms with Crippen LogP contribution in [0.4, 0.5) is 10.1 Å². The summed E-state index contributed by atoms with van der Waals surface area (Å²) >= 11 is 12.5. The highest BCUT2D eigenvalue weighted by Gasteiger charge is 2.37. The summed E-state index contributed by atoms with van der Waals surface area (Å²) in [6.07, 6.45) is 2.13. The summed E-state index contributed by atoms with van der Waals surface area (Å²) in [5.41, 5.74) is 1.99. The Labute approximate surface area is 246 Å². The maximum Gasteiger partial charge on any atom is 0.245 e. The predicted octanol–water partition coefficient (Wildman–Crippen LogP) is 5.81. The van der Waals surface area contributed by atoms with E-state index < -0.39 is 6.04 Å². The van der Waals surface area contributed by atoms with E-state index in [9.17, 15) is 14.8 Å². The van der Waals surface area contributed by atoms with Crippen LogP contribution in [0.2, 0.25) is 10.0 Å². The average molecular weight is 594 g/mol. The lowest BCUT2D eigenvalue weighted by Gasteiger charge is -2.40. The van der Waals surface area contributed by atoms with Crippen LogP contribution in [0.15, 0.2) is 36.4 Å². The maximum atomic E-state index is 15.4. The van der Waals surface area contributed by atoms with Crippen LogP contribution in [0, 0.1) is 11.7 Å². The number of carbonyl (C=O) groups excluding carboxylic acids is 2. The fourth-order valence-electron chi connectivity index (χ4n) is 5.80. The third-order valence-electron chi connectivity index (χ3n) is 7.86. The van der Waals surface area contributed by atoms with Crippen molar-refractivity contribution in [2.45, 2.75) is 58.5 Å². The van der Waals surface area contributed by atoms with Crippen molar-refractivity contribution in [3.05, 3.63) is 63.4 Å². The molecular formula is C30H39Cl2FN4O3. The summed E-state index contributed by atoms with van der Waals surface area (Å²) in [6, 6.07) is 9.20. The van der Waals surface area contributed by atoms with Crippen LogP contribution in [0.25, 0.3) is 0 Å². The quantitative estimate of drug-likeness (QED) is 0.352. The Kier molecular flexibility index (Phi) is 10.3. The lowest BCUT2D eigenvalue weighted by molar-refractivity contribution is -0.143. The zero-order valence-electron chi connectivity index (χ0n) is 23.5.